The minimum Gasteiger partial charge on any atom is -0.327 e. The lowest BCUT2D eigenvalue weighted by molar-refractivity contribution is 0.102. The topological polar surface area (TPSA) is 93.9 Å². The zero-order valence-electron chi connectivity index (χ0n) is 18.3. The second-order valence-electron chi connectivity index (χ2n) is 8.50. The molecule has 3 N–H and O–H groups in total. The molecule has 9 heteroatoms. The molecule has 5 rings (SSSR count). The number of H-pyrrole nitrogens is 2. The smallest absolute Gasteiger partial charge is 0.276 e. The Balaban J connectivity index is 1.47. The largest absolute Gasteiger partial charge is 0.327 e. The molecule has 1 saturated heterocycles. The van der Waals surface area contributed by atoms with Crippen LogP contribution in [0, 0.1) is 11.6 Å². The molecule has 1 fully saturated rings. The number of nitrogens with one attached hydrogen (secondary N) is 3. The lowest BCUT2D eigenvalue weighted by atomic mass is 9.99. The molecule has 174 valence electrons. The molecule has 2 aromatic heterocycles. The van der Waals surface area contributed by atoms with Crippen molar-refractivity contribution in [1.29, 1.82) is 0 Å². The molecule has 4 aromatic rings. The standard InChI is InChI=1S/C25H23F2N5O2/c26-20-11-15(14-32-8-2-1-3-9-32)10-18(23(20)27)16-4-6-21-19(12-16)24(31-30-21)25(34)29-17-5-7-22(33)28-13-17/h4-7,10-13H,1-3,8-9,14H2,(H,28,33)(H,29,34)(H,30,31). The molecule has 2 aromatic carbocycles. The van der Waals surface area contributed by atoms with Gasteiger partial charge >= 0.3 is 0 Å². The van der Waals surface area contributed by atoms with Crippen molar-refractivity contribution < 1.29 is 13.6 Å². The molecule has 0 spiro atoms. The maximum absolute atomic E-state index is 14.8. The number of pyridine rings is 1. The van der Waals surface area contributed by atoms with Crippen LogP contribution in [-0.4, -0.2) is 39.1 Å². The third-order valence-electron chi connectivity index (χ3n) is 6.07. The van der Waals surface area contributed by atoms with Gasteiger partial charge in [0.15, 0.2) is 17.3 Å². The van der Waals surface area contributed by atoms with E-state index < -0.39 is 17.5 Å². The van der Waals surface area contributed by atoms with Gasteiger partial charge in [0, 0.05) is 29.8 Å². The van der Waals surface area contributed by atoms with Crippen molar-refractivity contribution in [3.63, 3.8) is 0 Å². The summed E-state index contributed by atoms with van der Waals surface area (Å²) in [6.07, 6.45) is 4.80. The van der Waals surface area contributed by atoms with Crippen LogP contribution in [-0.2, 0) is 6.54 Å². The highest BCUT2D eigenvalue weighted by molar-refractivity contribution is 6.11. The summed E-state index contributed by atoms with van der Waals surface area (Å²) < 4.78 is 29.3. The van der Waals surface area contributed by atoms with Crippen molar-refractivity contribution in [2.24, 2.45) is 0 Å². The molecule has 1 amide bonds. The number of rotatable bonds is 5. The highest BCUT2D eigenvalue weighted by atomic mass is 19.2. The number of nitrogens with zero attached hydrogens (tertiary/aromatic N) is 2. The van der Waals surface area contributed by atoms with E-state index >= 15 is 0 Å². The molecule has 34 heavy (non-hydrogen) atoms. The molecule has 0 bridgehead atoms. The molecule has 1 aliphatic heterocycles. The normalized spacial score (nSPS) is 14.4. The number of hydrogen-bond donors (Lipinski definition) is 3. The first-order chi connectivity index (χ1) is 16.5. The third kappa shape index (κ3) is 4.47. The van der Waals surface area contributed by atoms with Crippen molar-refractivity contribution in [2.45, 2.75) is 25.8 Å². The highest BCUT2D eigenvalue weighted by Crippen LogP contribution is 2.30. The summed E-state index contributed by atoms with van der Waals surface area (Å²) in [7, 11) is 0. The van der Waals surface area contributed by atoms with Gasteiger partial charge in [-0.15, -0.1) is 0 Å². The summed E-state index contributed by atoms with van der Waals surface area (Å²) in [4.78, 5) is 28.8. The molecule has 0 atom stereocenters. The lowest BCUT2D eigenvalue weighted by Crippen LogP contribution is -2.29. The van der Waals surface area contributed by atoms with Crippen LogP contribution in [0.15, 0.2) is 53.5 Å². The molecule has 3 heterocycles. The Morgan fingerprint density at radius 3 is 2.65 bits per heavy atom. The van der Waals surface area contributed by atoms with Crippen molar-refractivity contribution in [1.82, 2.24) is 20.1 Å². The van der Waals surface area contributed by atoms with E-state index in [1.165, 1.54) is 30.8 Å². The number of carbonyl (C=O) groups is 1. The van der Waals surface area contributed by atoms with Crippen LogP contribution in [0.4, 0.5) is 14.5 Å². The van der Waals surface area contributed by atoms with Crippen LogP contribution in [0.1, 0.15) is 35.3 Å². The first-order valence-corrected chi connectivity index (χ1v) is 11.2. The van der Waals surface area contributed by atoms with E-state index in [0.717, 1.165) is 25.9 Å². The Bertz CT molecular complexity index is 1400. The zero-order valence-corrected chi connectivity index (χ0v) is 18.3. The minimum absolute atomic E-state index is 0.105. The van der Waals surface area contributed by atoms with E-state index in [1.54, 1.807) is 24.3 Å². The number of carbonyl (C=O) groups excluding carboxylic acids is 1. The number of aromatic nitrogens is 3. The van der Waals surface area contributed by atoms with Crippen molar-refractivity contribution in [2.75, 3.05) is 18.4 Å². The quantitative estimate of drug-likeness (QED) is 0.408. The Hall–Kier alpha value is -3.85. The molecule has 0 aliphatic carbocycles. The van der Waals surface area contributed by atoms with E-state index in [1.807, 2.05) is 0 Å². The van der Waals surface area contributed by atoms with E-state index in [-0.39, 0.29) is 16.8 Å². The number of halogens is 2. The Morgan fingerprint density at radius 1 is 1.06 bits per heavy atom. The summed E-state index contributed by atoms with van der Waals surface area (Å²) in [5.41, 5.74) is 2.10. The van der Waals surface area contributed by atoms with Crippen molar-refractivity contribution in [3.05, 3.63) is 81.9 Å². The van der Waals surface area contributed by atoms with Crippen LogP contribution >= 0.6 is 0 Å². The fourth-order valence-corrected chi connectivity index (χ4v) is 4.36. The van der Waals surface area contributed by atoms with Crippen LogP contribution in [0.5, 0.6) is 0 Å². The van der Waals surface area contributed by atoms with Crippen LogP contribution in [0.25, 0.3) is 22.0 Å². The van der Waals surface area contributed by atoms with Crippen molar-refractivity contribution >= 4 is 22.5 Å². The maximum Gasteiger partial charge on any atom is 0.276 e. The van der Waals surface area contributed by atoms with Gasteiger partial charge in [-0.25, -0.2) is 8.78 Å². The summed E-state index contributed by atoms with van der Waals surface area (Å²) in [6, 6.07) is 10.7. The van der Waals surface area contributed by atoms with E-state index in [2.05, 4.69) is 25.4 Å². The number of amides is 1. The second kappa shape index (κ2) is 9.18. The maximum atomic E-state index is 14.8. The van der Waals surface area contributed by atoms with Gasteiger partial charge in [0.2, 0.25) is 5.56 Å². The third-order valence-corrected chi connectivity index (χ3v) is 6.07. The number of fused-ring (bicyclic) bond motifs is 1. The number of piperidine rings is 1. The van der Waals surface area contributed by atoms with Crippen LogP contribution in [0.3, 0.4) is 0 Å². The Labute approximate surface area is 193 Å². The number of benzene rings is 2. The fraction of sp³-hybridized carbons (Fsp3) is 0.240. The Kier molecular flexibility index (Phi) is 5.93. The highest BCUT2D eigenvalue weighted by Gasteiger charge is 2.19. The summed E-state index contributed by atoms with van der Waals surface area (Å²) in [6.45, 7) is 2.46. The van der Waals surface area contributed by atoms with Crippen LogP contribution < -0.4 is 10.9 Å². The number of likely N-dealkylation sites (tertiary alicyclic amines) is 1. The van der Waals surface area contributed by atoms with Gasteiger partial charge in [0.1, 0.15) is 0 Å². The average Bonchev–Trinajstić information content (AvgIpc) is 3.27. The predicted molar refractivity (Wildman–Crippen MR) is 126 cm³/mol. The second-order valence-corrected chi connectivity index (χ2v) is 8.50. The molecule has 0 saturated carbocycles. The van der Waals surface area contributed by atoms with E-state index in [4.69, 9.17) is 0 Å². The molecule has 7 nitrogen and oxygen atoms in total. The first-order valence-electron chi connectivity index (χ1n) is 11.2. The summed E-state index contributed by atoms with van der Waals surface area (Å²) in [5, 5.41) is 10.0. The zero-order chi connectivity index (χ0) is 23.7. The number of hydrogen-bond acceptors (Lipinski definition) is 4. The van der Waals surface area contributed by atoms with Gasteiger partial charge in [-0.05, 0) is 67.4 Å². The Morgan fingerprint density at radius 2 is 1.88 bits per heavy atom. The number of anilines is 1. The number of aromatic amines is 2. The summed E-state index contributed by atoms with van der Waals surface area (Å²) >= 11 is 0. The van der Waals surface area contributed by atoms with E-state index in [0.29, 0.717) is 34.3 Å². The van der Waals surface area contributed by atoms with Gasteiger partial charge in [0.05, 0.1) is 11.2 Å². The first kappa shape index (κ1) is 22.0. The van der Waals surface area contributed by atoms with Gasteiger partial charge in [-0.3, -0.25) is 19.6 Å². The molecule has 0 unspecified atom stereocenters. The predicted octanol–water partition coefficient (Wildman–Crippen LogP) is 4.43. The summed E-state index contributed by atoms with van der Waals surface area (Å²) in [5.74, 6) is -2.32. The van der Waals surface area contributed by atoms with Crippen molar-refractivity contribution in [3.8, 4) is 11.1 Å². The molecular formula is C25H23F2N5O2. The monoisotopic (exact) mass is 463 g/mol. The minimum atomic E-state index is -0.926. The van der Waals surface area contributed by atoms with E-state index in [9.17, 15) is 18.4 Å². The van der Waals surface area contributed by atoms with Gasteiger partial charge in [0.25, 0.3) is 5.91 Å². The lowest BCUT2D eigenvalue weighted by Gasteiger charge is -2.26. The fourth-order valence-electron chi connectivity index (χ4n) is 4.36. The van der Waals surface area contributed by atoms with Gasteiger partial charge < -0.3 is 10.3 Å². The average molecular weight is 463 g/mol. The van der Waals surface area contributed by atoms with Gasteiger partial charge in [-0.1, -0.05) is 12.5 Å². The molecule has 0 radical (unpaired) electrons. The SMILES string of the molecule is O=C(Nc1ccc(=O)[nH]c1)c1n[nH]c2ccc(-c3cc(CN4CCCCC4)cc(F)c3F)cc12. The molecular weight excluding hydrogens is 440 g/mol. The van der Waals surface area contributed by atoms with Crippen LogP contribution in [0.2, 0.25) is 0 Å². The molecule has 1 aliphatic rings. The van der Waals surface area contributed by atoms with Gasteiger partial charge in [-0.2, -0.15) is 5.10 Å².